The van der Waals surface area contributed by atoms with Crippen LogP contribution in [0.15, 0.2) is 22.6 Å². The predicted octanol–water partition coefficient (Wildman–Crippen LogP) is 2.00. The maximum Gasteiger partial charge on any atom is 0.320 e. The molecule has 0 saturated carbocycles. The number of carboxylic acid groups (broad SMARTS) is 1. The van der Waals surface area contributed by atoms with E-state index in [9.17, 15) is 4.79 Å². The molecule has 17 heavy (non-hydrogen) atoms. The van der Waals surface area contributed by atoms with E-state index >= 15 is 0 Å². The van der Waals surface area contributed by atoms with Gasteiger partial charge < -0.3 is 15.3 Å². The molecule has 1 aromatic carbocycles. The second kappa shape index (κ2) is 4.22. The van der Waals surface area contributed by atoms with Crippen LogP contribution in [0.1, 0.15) is 16.9 Å². The summed E-state index contributed by atoms with van der Waals surface area (Å²) >= 11 is 0. The van der Waals surface area contributed by atoms with Gasteiger partial charge in [0.2, 0.25) is 0 Å². The van der Waals surface area contributed by atoms with E-state index in [-0.39, 0.29) is 0 Å². The maximum atomic E-state index is 10.7. The molecule has 0 aliphatic heterocycles. The van der Waals surface area contributed by atoms with Gasteiger partial charge in [-0.3, -0.25) is 4.79 Å². The number of benzene rings is 1. The number of rotatable bonds is 3. The van der Waals surface area contributed by atoms with Crippen molar-refractivity contribution in [2.75, 3.05) is 0 Å². The van der Waals surface area contributed by atoms with E-state index in [2.05, 4.69) is 0 Å². The van der Waals surface area contributed by atoms with E-state index in [0.717, 1.165) is 27.9 Å². The first kappa shape index (κ1) is 11.7. The number of aryl methyl sites for hydroxylation is 2. The lowest BCUT2D eigenvalue weighted by Crippen LogP contribution is -2.32. The van der Waals surface area contributed by atoms with Gasteiger partial charge in [0.25, 0.3) is 0 Å². The Morgan fingerprint density at radius 3 is 2.82 bits per heavy atom. The van der Waals surface area contributed by atoms with Crippen LogP contribution in [0.5, 0.6) is 0 Å². The number of nitrogens with two attached hydrogens (primary N) is 1. The van der Waals surface area contributed by atoms with Crippen molar-refractivity contribution in [1.82, 2.24) is 0 Å². The molecule has 2 rings (SSSR count). The zero-order chi connectivity index (χ0) is 12.6. The summed E-state index contributed by atoms with van der Waals surface area (Å²) in [6, 6.07) is 4.83. The summed E-state index contributed by atoms with van der Waals surface area (Å²) in [6.45, 7) is 3.92. The van der Waals surface area contributed by atoms with Crippen LogP contribution in [0.2, 0.25) is 0 Å². The van der Waals surface area contributed by atoms with E-state index in [1.807, 2.05) is 32.0 Å². The van der Waals surface area contributed by atoms with Crippen molar-refractivity contribution in [3.05, 3.63) is 35.1 Å². The van der Waals surface area contributed by atoms with Gasteiger partial charge in [0.1, 0.15) is 17.4 Å². The number of furan rings is 1. The van der Waals surface area contributed by atoms with Crippen LogP contribution < -0.4 is 5.73 Å². The van der Waals surface area contributed by atoms with Crippen molar-refractivity contribution >= 4 is 16.9 Å². The fraction of sp³-hybridized carbons (Fsp3) is 0.308. The molecule has 4 nitrogen and oxygen atoms in total. The van der Waals surface area contributed by atoms with Gasteiger partial charge in [-0.15, -0.1) is 0 Å². The summed E-state index contributed by atoms with van der Waals surface area (Å²) < 4.78 is 5.59. The summed E-state index contributed by atoms with van der Waals surface area (Å²) in [7, 11) is 0. The van der Waals surface area contributed by atoms with Gasteiger partial charge >= 0.3 is 5.97 Å². The molecule has 2 aromatic rings. The first-order valence-corrected chi connectivity index (χ1v) is 5.46. The SMILES string of the molecule is Cc1oc2cc(CC(N)C(=O)O)ccc2c1C. The fourth-order valence-electron chi connectivity index (χ4n) is 1.86. The van der Waals surface area contributed by atoms with Crippen LogP contribution in [0.3, 0.4) is 0 Å². The molecule has 1 aromatic heterocycles. The number of aliphatic carboxylic acids is 1. The third kappa shape index (κ3) is 2.17. The molecule has 1 atom stereocenters. The molecule has 0 aliphatic rings. The maximum absolute atomic E-state index is 10.7. The quantitative estimate of drug-likeness (QED) is 0.850. The van der Waals surface area contributed by atoms with Crippen LogP contribution in [-0.4, -0.2) is 17.1 Å². The van der Waals surface area contributed by atoms with Crippen LogP contribution in [0.25, 0.3) is 11.0 Å². The zero-order valence-electron chi connectivity index (χ0n) is 9.86. The summed E-state index contributed by atoms with van der Waals surface area (Å²) in [5.41, 5.74) is 8.28. The molecule has 1 heterocycles. The average Bonchev–Trinajstić information content (AvgIpc) is 2.54. The highest BCUT2D eigenvalue weighted by Gasteiger charge is 2.13. The van der Waals surface area contributed by atoms with Crippen molar-refractivity contribution < 1.29 is 14.3 Å². The molecule has 0 fully saturated rings. The van der Waals surface area contributed by atoms with Gasteiger partial charge in [-0.1, -0.05) is 12.1 Å². The summed E-state index contributed by atoms with van der Waals surface area (Å²) in [5, 5.41) is 9.82. The van der Waals surface area contributed by atoms with Crippen molar-refractivity contribution in [3.8, 4) is 0 Å². The standard InChI is InChI=1S/C13H15NO3/c1-7-8(2)17-12-6-9(3-4-10(7)12)5-11(14)13(15)16/h3-4,6,11H,5,14H2,1-2H3,(H,15,16). The van der Waals surface area contributed by atoms with E-state index in [1.54, 1.807) is 0 Å². The summed E-state index contributed by atoms with van der Waals surface area (Å²) in [4.78, 5) is 10.7. The summed E-state index contributed by atoms with van der Waals surface area (Å²) in [5.74, 6) is -0.100. The van der Waals surface area contributed by atoms with Crippen molar-refractivity contribution in [2.24, 2.45) is 5.73 Å². The van der Waals surface area contributed by atoms with E-state index in [4.69, 9.17) is 15.3 Å². The number of carboxylic acids is 1. The Balaban J connectivity index is 2.35. The molecule has 0 saturated heterocycles. The van der Waals surface area contributed by atoms with Crippen LogP contribution in [0, 0.1) is 13.8 Å². The molecule has 0 aliphatic carbocycles. The first-order valence-electron chi connectivity index (χ1n) is 5.46. The second-order valence-electron chi connectivity index (χ2n) is 4.26. The lowest BCUT2D eigenvalue weighted by Gasteiger charge is -2.05. The molecule has 0 bridgehead atoms. The lowest BCUT2D eigenvalue weighted by molar-refractivity contribution is -0.138. The second-order valence-corrected chi connectivity index (χ2v) is 4.26. The van der Waals surface area contributed by atoms with Crippen LogP contribution in [-0.2, 0) is 11.2 Å². The highest BCUT2D eigenvalue weighted by molar-refractivity contribution is 5.82. The third-order valence-corrected chi connectivity index (χ3v) is 3.01. The van der Waals surface area contributed by atoms with Crippen molar-refractivity contribution in [3.63, 3.8) is 0 Å². The molecular weight excluding hydrogens is 218 g/mol. The smallest absolute Gasteiger partial charge is 0.320 e. The van der Waals surface area contributed by atoms with Crippen LogP contribution in [0.4, 0.5) is 0 Å². The minimum absolute atomic E-state index is 0.310. The Kier molecular flexibility index (Phi) is 2.90. The van der Waals surface area contributed by atoms with E-state index in [1.165, 1.54) is 0 Å². The Hall–Kier alpha value is -1.81. The predicted molar refractivity (Wildman–Crippen MR) is 65.0 cm³/mol. The molecule has 90 valence electrons. The highest BCUT2D eigenvalue weighted by Crippen LogP contribution is 2.25. The van der Waals surface area contributed by atoms with Crippen molar-refractivity contribution in [2.45, 2.75) is 26.3 Å². The fourth-order valence-corrected chi connectivity index (χ4v) is 1.86. The number of fused-ring (bicyclic) bond motifs is 1. The lowest BCUT2D eigenvalue weighted by atomic mass is 10.0. The molecular formula is C13H15NO3. The Morgan fingerprint density at radius 2 is 2.18 bits per heavy atom. The van der Waals surface area contributed by atoms with Gasteiger partial charge in [-0.25, -0.2) is 0 Å². The topological polar surface area (TPSA) is 76.5 Å². The number of hydrogen-bond donors (Lipinski definition) is 2. The largest absolute Gasteiger partial charge is 0.480 e. The Bertz CT molecular complexity index is 571. The van der Waals surface area contributed by atoms with E-state index in [0.29, 0.717) is 6.42 Å². The molecule has 1 unspecified atom stereocenters. The normalized spacial score (nSPS) is 12.9. The van der Waals surface area contributed by atoms with Crippen LogP contribution >= 0.6 is 0 Å². The molecule has 0 radical (unpaired) electrons. The van der Waals surface area contributed by atoms with Gasteiger partial charge in [-0.2, -0.15) is 0 Å². The van der Waals surface area contributed by atoms with E-state index < -0.39 is 12.0 Å². The summed E-state index contributed by atoms with van der Waals surface area (Å²) in [6.07, 6.45) is 0.310. The van der Waals surface area contributed by atoms with Gasteiger partial charge in [0.15, 0.2) is 0 Å². The van der Waals surface area contributed by atoms with Gasteiger partial charge in [0, 0.05) is 5.39 Å². The number of hydrogen-bond acceptors (Lipinski definition) is 3. The first-order chi connectivity index (χ1) is 7.99. The minimum Gasteiger partial charge on any atom is -0.480 e. The molecule has 0 spiro atoms. The molecule has 0 amide bonds. The minimum atomic E-state index is -0.989. The Morgan fingerprint density at radius 1 is 1.47 bits per heavy atom. The Labute approximate surface area is 99.0 Å². The van der Waals surface area contributed by atoms with Gasteiger partial charge in [0.05, 0.1) is 0 Å². The van der Waals surface area contributed by atoms with Crippen molar-refractivity contribution in [1.29, 1.82) is 0 Å². The number of carbonyl (C=O) groups is 1. The molecule has 3 N–H and O–H groups in total. The average molecular weight is 233 g/mol. The highest BCUT2D eigenvalue weighted by atomic mass is 16.4. The third-order valence-electron chi connectivity index (χ3n) is 3.01. The van der Waals surface area contributed by atoms with Gasteiger partial charge in [-0.05, 0) is 37.5 Å². The molecule has 4 heteroatoms. The monoisotopic (exact) mass is 233 g/mol. The zero-order valence-corrected chi connectivity index (χ0v) is 9.86.